The van der Waals surface area contributed by atoms with Gasteiger partial charge in [0.1, 0.15) is 6.04 Å². The number of para-hydroxylation sites is 1. The van der Waals surface area contributed by atoms with E-state index in [1.165, 1.54) is 6.92 Å². The molecule has 0 aliphatic rings. The van der Waals surface area contributed by atoms with Crippen molar-refractivity contribution in [3.05, 3.63) is 45.1 Å². The standard InChI is InChI=1S/C17H21N3O5/c1-9(2)8-13(14(21)18-10(3)16(23)24)20-15(22)11-6-4-5-7-12(11)19-17(20)25/h4-7,9-10,13H,8H2,1-3H3,(H,18,21)(H,19,25)(H,23,24)/p-1/t10-,13+/m1/s1. The molecule has 8 heteroatoms. The predicted octanol–water partition coefficient (Wildman–Crippen LogP) is -0.468. The molecule has 8 nitrogen and oxygen atoms in total. The molecule has 0 aliphatic carbocycles. The Morgan fingerprint density at radius 2 is 1.84 bits per heavy atom. The van der Waals surface area contributed by atoms with Crippen LogP contribution in [0.2, 0.25) is 0 Å². The molecule has 2 rings (SSSR count). The zero-order valence-electron chi connectivity index (χ0n) is 14.2. The monoisotopic (exact) mass is 346 g/mol. The summed E-state index contributed by atoms with van der Waals surface area (Å²) < 4.78 is 0.847. The number of carboxylic acid groups (broad SMARTS) is 1. The van der Waals surface area contributed by atoms with Gasteiger partial charge in [-0.15, -0.1) is 0 Å². The van der Waals surface area contributed by atoms with Crippen LogP contribution in [0, 0.1) is 5.92 Å². The number of carboxylic acids is 1. The minimum Gasteiger partial charge on any atom is -0.548 e. The van der Waals surface area contributed by atoms with Crippen molar-refractivity contribution < 1.29 is 14.7 Å². The molecule has 0 unspecified atom stereocenters. The Labute approximate surface area is 143 Å². The molecule has 2 N–H and O–H groups in total. The lowest BCUT2D eigenvalue weighted by atomic mass is 10.0. The van der Waals surface area contributed by atoms with Gasteiger partial charge in [-0.3, -0.25) is 9.59 Å². The van der Waals surface area contributed by atoms with E-state index in [4.69, 9.17) is 0 Å². The zero-order valence-corrected chi connectivity index (χ0v) is 14.2. The Balaban J connectivity index is 2.57. The summed E-state index contributed by atoms with van der Waals surface area (Å²) in [4.78, 5) is 51.1. The van der Waals surface area contributed by atoms with Crippen LogP contribution < -0.4 is 21.7 Å². The van der Waals surface area contributed by atoms with E-state index in [-0.39, 0.29) is 17.7 Å². The van der Waals surface area contributed by atoms with Crippen molar-refractivity contribution in [3.8, 4) is 0 Å². The number of fused-ring (bicyclic) bond motifs is 1. The van der Waals surface area contributed by atoms with Crippen LogP contribution in [0.1, 0.15) is 33.2 Å². The van der Waals surface area contributed by atoms with E-state index in [1.807, 2.05) is 13.8 Å². The molecule has 0 fully saturated rings. The van der Waals surface area contributed by atoms with Crippen molar-refractivity contribution >= 4 is 22.8 Å². The van der Waals surface area contributed by atoms with Gasteiger partial charge in [0.15, 0.2) is 0 Å². The van der Waals surface area contributed by atoms with E-state index in [0.717, 1.165) is 4.57 Å². The summed E-state index contributed by atoms with van der Waals surface area (Å²) in [6.07, 6.45) is 0.201. The van der Waals surface area contributed by atoms with Crippen molar-refractivity contribution in [2.24, 2.45) is 5.92 Å². The maximum atomic E-state index is 12.7. The van der Waals surface area contributed by atoms with Crippen LogP contribution in [0.15, 0.2) is 33.9 Å². The van der Waals surface area contributed by atoms with Gasteiger partial charge in [0, 0.05) is 0 Å². The smallest absolute Gasteiger partial charge is 0.329 e. The third kappa shape index (κ3) is 3.96. The van der Waals surface area contributed by atoms with Crippen LogP contribution in [0.4, 0.5) is 0 Å². The first-order chi connectivity index (χ1) is 11.7. The summed E-state index contributed by atoms with van der Waals surface area (Å²) in [5, 5.41) is 13.4. The minimum absolute atomic E-state index is 0.00761. The summed E-state index contributed by atoms with van der Waals surface area (Å²) in [7, 11) is 0. The fourth-order valence-electron chi connectivity index (χ4n) is 2.60. The van der Waals surface area contributed by atoms with Crippen molar-refractivity contribution in [2.45, 2.75) is 39.3 Å². The summed E-state index contributed by atoms with van der Waals surface area (Å²) in [6, 6.07) is 4.13. The second-order valence-corrected chi connectivity index (χ2v) is 6.35. The lowest BCUT2D eigenvalue weighted by molar-refractivity contribution is -0.307. The largest absolute Gasteiger partial charge is 0.548 e. The molecule has 2 atom stereocenters. The molecule has 25 heavy (non-hydrogen) atoms. The number of amides is 1. The van der Waals surface area contributed by atoms with Crippen LogP contribution in [-0.4, -0.2) is 27.5 Å². The zero-order chi connectivity index (χ0) is 18.7. The second kappa shape index (κ2) is 7.33. The van der Waals surface area contributed by atoms with Crippen molar-refractivity contribution in [1.82, 2.24) is 14.9 Å². The molecule has 0 aliphatic heterocycles. The Hall–Kier alpha value is -2.90. The number of rotatable bonds is 6. The Morgan fingerprint density at radius 1 is 1.20 bits per heavy atom. The van der Waals surface area contributed by atoms with Crippen molar-refractivity contribution in [2.75, 3.05) is 0 Å². The lowest BCUT2D eigenvalue weighted by Gasteiger charge is -2.23. The van der Waals surface area contributed by atoms with Gasteiger partial charge in [0.25, 0.3) is 5.56 Å². The van der Waals surface area contributed by atoms with E-state index in [0.29, 0.717) is 5.52 Å². The second-order valence-electron chi connectivity index (χ2n) is 6.35. The third-order valence-electron chi connectivity index (χ3n) is 3.86. The van der Waals surface area contributed by atoms with Crippen molar-refractivity contribution in [3.63, 3.8) is 0 Å². The van der Waals surface area contributed by atoms with Gasteiger partial charge >= 0.3 is 5.69 Å². The lowest BCUT2D eigenvalue weighted by Crippen LogP contribution is -2.51. The summed E-state index contributed by atoms with van der Waals surface area (Å²) >= 11 is 0. The van der Waals surface area contributed by atoms with Gasteiger partial charge in [-0.2, -0.15) is 0 Å². The van der Waals surface area contributed by atoms with Crippen LogP contribution in [0.25, 0.3) is 10.9 Å². The average molecular weight is 346 g/mol. The fourth-order valence-corrected chi connectivity index (χ4v) is 2.60. The number of hydrogen-bond donors (Lipinski definition) is 2. The molecule has 0 bridgehead atoms. The first kappa shape index (κ1) is 18.4. The quantitative estimate of drug-likeness (QED) is 0.732. The van der Waals surface area contributed by atoms with Gasteiger partial charge in [-0.25, -0.2) is 9.36 Å². The van der Waals surface area contributed by atoms with Crippen LogP contribution in [0.5, 0.6) is 0 Å². The molecule has 0 saturated carbocycles. The Kier molecular flexibility index (Phi) is 5.41. The molecule has 0 radical (unpaired) electrons. The predicted molar refractivity (Wildman–Crippen MR) is 89.9 cm³/mol. The molecule has 1 amide bonds. The normalized spacial score (nSPS) is 13.6. The van der Waals surface area contributed by atoms with E-state index >= 15 is 0 Å². The number of nitrogens with zero attached hydrogens (tertiary/aromatic N) is 1. The Bertz CT molecular complexity index is 912. The summed E-state index contributed by atoms with van der Waals surface area (Å²) in [5.74, 6) is -2.17. The number of aromatic amines is 1. The maximum Gasteiger partial charge on any atom is 0.329 e. The molecular weight excluding hydrogens is 326 g/mol. The summed E-state index contributed by atoms with van der Waals surface area (Å²) in [5.41, 5.74) is -0.938. The highest BCUT2D eigenvalue weighted by Crippen LogP contribution is 2.16. The molecule has 2 aromatic rings. The number of H-pyrrole nitrogens is 1. The number of carbonyl (C=O) groups excluding carboxylic acids is 2. The topological polar surface area (TPSA) is 124 Å². The molecule has 1 aromatic heterocycles. The van der Waals surface area contributed by atoms with E-state index in [1.54, 1.807) is 24.3 Å². The third-order valence-corrected chi connectivity index (χ3v) is 3.86. The number of nitrogens with one attached hydrogen (secondary N) is 2. The molecule has 1 aromatic carbocycles. The average Bonchev–Trinajstić information content (AvgIpc) is 2.53. The first-order valence-corrected chi connectivity index (χ1v) is 7.97. The van der Waals surface area contributed by atoms with Gasteiger partial charge in [-0.05, 0) is 31.4 Å². The number of carbonyl (C=O) groups is 2. The first-order valence-electron chi connectivity index (χ1n) is 7.97. The summed E-state index contributed by atoms with van der Waals surface area (Å²) in [6.45, 7) is 4.93. The van der Waals surface area contributed by atoms with E-state index in [2.05, 4.69) is 10.3 Å². The van der Waals surface area contributed by atoms with Gasteiger partial charge in [0.05, 0.1) is 22.9 Å². The highest BCUT2D eigenvalue weighted by atomic mass is 16.4. The highest BCUT2D eigenvalue weighted by Gasteiger charge is 2.26. The van der Waals surface area contributed by atoms with Gasteiger partial charge < -0.3 is 20.2 Å². The number of hydrogen-bond acceptors (Lipinski definition) is 5. The molecular formula is C17H20N3O5-. The molecule has 1 heterocycles. The molecule has 0 spiro atoms. The minimum atomic E-state index is -1.45. The highest BCUT2D eigenvalue weighted by molar-refractivity contribution is 5.85. The van der Waals surface area contributed by atoms with E-state index < -0.39 is 35.2 Å². The van der Waals surface area contributed by atoms with Crippen LogP contribution in [-0.2, 0) is 9.59 Å². The van der Waals surface area contributed by atoms with Gasteiger partial charge in [0.2, 0.25) is 5.91 Å². The Morgan fingerprint density at radius 3 is 2.44 bits per heavy atom. The fraction of sp³-hybridized carbons (Fsp3) is 0.412. The number of aliphatic carboxylic acids is 1. The SMILES string of the molecule is CC(C)C[C@@H](C(=O)N[C@H](C)C(=O)[O-])n1c(=O)[nH]c2ccccc2c1=O. The van der Waals surface area contributed by atoms with Crippen LogP contribution in [0.3, 0.4) is 0 Å². The van der Waals surface area contributed by atoms with Crippen LogP contribution >= 0.6 is 0 Å². The maximum absolute atomic E-state index is 12.7. The molecule has 0 saturated heterocycles. The van der Waals surface area contributed by atoms with Gasteiger partial charge in [-0.1, -0.05) is 26.0 Å². The molecule has 134 valence electrons. The van der Waals surface area contributed by atoms with Crippen molar-refractivity contribution in [1.29, 1.82) is 0 Å². The van der Waals surface area contributed by atoms with E-state index in [9.17, 15) is 24.3 Å². The number of aromatic nitrogens is 2. The number of benzene rings is 1.